The lowest BCUT2D eigenvalue weighted by atomic mass is 9.65. The Kier molecular flexibility index (Phi) is 5.35. The van der Waals surface area contributed by atoms with Gasteiger partial charge in [0, 0.05) is 42.8 Å². The summed E-state index contributed by atoms with van der Waals surface area (Å²) in [4.78, 5) is 13.3. The van der Waals surface area contributed by atoms with E-state index < -0.39 is 5.97 Å². The third-order valence-corrected chi connectivity index (χ3v) is 6.77. The molecule has 0 saturated carbocycles. The lowest BCUT2D eigenvalue weighted by molar-refractivity contribution is -0.462. The standard InChI is InChI=1S/C26H29N3O2/c1-26(2)22-14-18(28(3)4)9-10-19(22)21(16-27)20-13-17-7-5-11-29(12-6-8-25(30)31)24(17)15-23(20)26/h9-10,13-15H,5-8,11-12H2,1-4H3/p+1. The van der Waals surface area contributed by atoms with Crippen LogP contribution in [0.4, 0.5) is 5.69 Å². The van der Waals surface area contributed by atoms with Crippen LogP contribution < -0.4 is 4.90 Å². The van der Waals surface area contributed by atoms with Crippen molar-refractivity contribution in [3.63, 3.8) is 0 Å². The van der Waals surface area contributed by atoms with Crippen molar-refractivity contribution in [3.05, 3.63) is 58.2 Å². The maximum atomic E-state index is 11.0. The Bertz CT molecular complexity index is 1120. The van der Waals surface area contributed by atoms with Crippen molar-refractivity contribution in [2.24, 2.45) is 0 Å². The summed E-state index contributed by atoms with van der Waals surface area (Å²) in [6.45, 7) is 6.17. The van der Waals surface area contributed by atoms with E-state index in [1.807, 2.05) is 14.1 Å². The van der Waals surface area contributed by atoms with Crippen LogP contribution in [0, 0.1) is 11.3 Å². The number of hydrogen-bond donors (Lipinski definition) is 1. The summed E-state index contributed by atoms with van der Waals surface area (Å²) >= 11 is 0. The molecule has 0 fully saturated rings. The van der Waals surface area contributed by atoms with Gasteiger partial charge in [-0.25, -0.2) is 4.58 Å². The molecule has 0 atom stereocenters. The van der Waals surface area contributed by atoms with Gasteiger partial charge in [0.25, 0.3) is 0 Å². The Morgan fingerprint density at radius 2 is 2.06 bits per heavy atom. The molecule has 1 N–H and O–H groups in total. The molecule has 1 heterocycles. The number of rotatable bonds is 4. The van der Waals surface area contributed by atoms with Crippen molar-refractivity contribution >= 4 is 22.9 Å². The molecule has 0 unspecified atom stereocenters. The summed E-state index contributed by atoms with van der Waals surface area (Å²) in [5.41, 5.74) is 8.53. The average Bonchev–Trinajstić information content (AvgIpc) is 2.73. The Hall–Kier alpha value is -3.13. The van der Waals surface area contributed by atoms with Gasteiger partial charge < -0.3 is 10.0 Å². The molecule has 31 heavy (non-hydrogen) atoms. The molecule has 5 heteroatoms. The summed E-state index contributed by atoms with van der Waals surface area (Å²) < 4.78 is 2.09. The van der Waals surface area contributed by atoms with Crippen molar-refractivity contribution < 1.29 is 14.5 Å². The highest BCUT2D eigenvalue weighted by molar-refractivity contribution is 6.06. The summed E-state index contributed by atoms with van der Waals surface area (Å²) in [5, 5.41) is 19.1. The van der Waals surface area contributed by atoms with Crippen molar-refractivity contribution in [3.8, 4) is 6.07 Å². The predicted molar refractivity (Wildman–Crippen MR) is 124 cm³/mol. The summed E-state index contributed by atoms with van der Waals surface area (Å²) in [5.74, 6) is -0.745. The van der Waals surface area contributed by atoms with Gasteiger partial charge in [0.2, 0.25) is 0 Å². The van der Waals surface area contributed by atoms with Crippen molar-refractivity contribution in [2.75, 3.05) is 32.1 Å². The zero-order valence-electron chi connectivity index (χ0n) is 18.8. The predicted octanol–water partition coefficient (Wildman–Crippen LogP) is 4.08. The van der Waals surface area contributed by atoms with E-state index in [1.165, 1.54) is 22.4 Å². The quantitative estimate of drug-likeness (QED) is 0.751. The minimum atomic E-state index is -0.745. The maximum Gasteiger partial charge on any atom is 0.303 e. The molecule has 0 radical (unpaired) electrons. The van der Waals surface area contributed by atoms with Crippen LogP contribution in [-0.4, -0.2) is 48.5 Å². The van der Waals surface area contributed by atoms with Crippen LogP contribution in [-0.2, 0) is 16.6 Å². The van der Waals surface area contributed by atoms with Gasteiger partial charge in [0.05, 0.1) is 5.57 Å². The molecule has 0 aromatic heterocycles. The van der Waals surface area contributed by atoms with E-state index in [0.717, 1.165) is 48.4 Å². The number of anilines is 1. The van der Waals surface area contributed by atoms with Gasteiger partial charge in [-0.3, -0.25) is 4.79 Å². The molecule has 0 saturated heterocycles. The number of nitrogens with zero attached hydrogens (tertiary/aromatic N) is 3. The van der Waals surface area contributed by atoms with Crippen LogP contribution in [0.25, 0.3) is 5.57 Å². The second-order valence-electron chi connectivity index (χ2n) is 9.35. The second kappa shape index (κ2) is 7.85. The van der Waals surface area contributed by atoms with Crippen LogP contribution in [0.1, 0.15) is 49.8 Å². The molecule has 0 amide bonds. The third kappa shape index (κ3) is 3.61. The molecule has 3 aliphatic rings. The SMILES string of the molecule is C[N+](C)=C1C=CC2=C(C#N)c3cc4c(cc3C(C)(C)C2=C1)N(CCCC(=O)O)CCC4. The summed E-state index contributed by atoms with van der Waals surface area (Å²) in [7, 11) is 4.07. The Morgan fingerprint density at radius 1 is 1.29 bits per heavy atom. The van der Waals surface area contributed by atoms with Gasteiger partial charge in [0.1, 0.15) is 20.2 Å². The fourth-order valence-corrected chi connectivity index (χ4v) is 5.04. The number of allylic oxidation sites excluding steroid dienone is 6. The number of fused-ring (bicyclic) bond motifs is 3. The summed E-state index contributed by atoms with van der Waals surface area (Å²) in [6, 6.07) is 6.98. The third-order valence-electron chi connectivity index (χ3n) is 6.77. The zero-order chi connectivity index (χ0) is 22.3. The molecule has 2 aliphatic carbocycles. The van der Waals surface area contributed by atoms with Crippen LogP contribution >= 0.6 is 0 Å². The van der Waals surface area contributed by atoms with Crippen LogP contribution in [0.15, 0.2) is 41.5 Å². The van der Waals surface area contributed by atoms with Gasteiger partial charge in [0.15, 0.2) is 5.71 Å². The Morgan fingerprint density at radius 3 is 2.74 bits per heavy atom. The number of hydrogen-bond acceptors (Lipinski definition) is 3. The van der Waals surface area contributed by atoms with Gasteiger partial charge in [-0.05, 0) is 65.3 Å². The Balaban J connectivity index is 1.85. The molecule has 1 aliphatic heterocycles. The average molecular weight is 417 g/mol. The number of aryl methyl sites for hydroxylation is 1. The lowest BCUT2D eigenvalue weighted by Crippen LogP contribution is -2.34. The van der Waals surface area contributed by atoms with Crippen molar-refractivity contribution in [1.29, 1.82) is 5.26 Å². The van der Waals surface area contributed by atoms with E-state index >= 15 is 0 Å². The molecular formula is C26H30N3O2+. The minimum absolute atomic E-state index is 0.190. The highest BCUT2D eigenvalue weighted by atomic mass is 16.4. The lowest BCUT2D eigenvalue weighted by Gasteiger charge is -2.40. The molecule has 1 aromatic rings. The fourth-order valence-electron chi connectivity index (χ4n) is 5.04. The number of nitriles is 1. The molecule has 5 nitrogen and oxygen atoms in total. The van der Waals surface area contributed by atoms with Gasteiger partial charge in [-0.2, -0.15) is 5.26 Å². The van der Waals surface area contributed by atoms with Gasteiger partial charge in [-0.1, -0.05) is 13.8 Å². The summed E-state index contributed by atoms with van der Waals surface area (Å²) in [6.07, 6.45) is 9.25. The van der Waals surface area contributed by atoms with Crippen LogP contribution in [0.3, 0.4) is 0 Å². The molecule has 160 valence electrons. The topological polar surface area (TPSA) is 67.3 Å². The number of benzene rings is 1. The first-order valence-electron chi connectivity index (χ1n) is 11.0. The normalized spacial score (nSPS) is 18.6. The molecule has 4 rings (SSSR count). The molecule has 1 aromatic carbocycles. The van der Waals surface area contributed by atoms with Gasteiger partial charge in [-0.15, -0.1) is 0 Å². The smallest absolute Gasteiger partial charge is 0.303 e. The number of carbonyl (C=O) groups is 1. The number of carboxylic acid groups (broad SMARTS) is 1. The van der Waals surface area contributed by atoms with Crippen LogP contribution in [0.2, 0.25) is 0 Å². The highest BCUT2D eigenvalue weighted by Crippen LogP contribution is 2.49. The number of carboxylic acids is 1. The minimum Gasteiger partial charge on any atom is -0.481 e. The van der Waals surface area contributed by atoms with Crippen LogP contribution in [0.5, 0.6) is 0 Å². The largest absolute Gasteiger partial charge is 0.481 e. The number of aliphatic carboxylic acids is 1. The monoisotopic (exact) mass is 416 g/mol. The first-order valence-corrected chi connectivity index (χ1v) is 11.0. The van der Waals surface area contributed by atoms with E-state index in [-0.39, 0.29) is 11.8 Å². The van der Waals surface area contributed by atoms with E-state index in [4.69, 9.17) is 5.11 Å². The molecule has 0 bridgehead atoms. The van der Waals surface area contributed by atoms with E-state index in [0.29, 0.717) is 6.42 Å². The van der Waals surface area contributed by atoms with E-state index in [1.54, 1.807) is 0 Å². The van der Waals surface area contributed by atoms with E-state index in [2.05, 4.69) is 59.8 Å². The highest BCUT2D eigenvalue weighted by Gasteiger charge is 2.39. The van der Waals surface area contributed by atoms with Crippen molar-refractivity contribution in [2.45, 2.75) is 44.9 Å². The molecular weight excluding hydrogens is 386 g/mol. The van der Waals surface area contributed by atoms with Crippen molar-refractivity contribution in [1.82, 2.24) is 0 Å². The maximum absolute atomic E-state index is 11.0. The fraction of sp³-hybridized carbons (Fsp3) is 0.423. The second-order valence-corrected chi connectivity index (χ2v) is 9.35. The Labute approximate surface area is 184 Å². The van der Waals surface area contributed by atoms with Gasteiger partial charge >= 0.3 is 5.97 Å². The molecule has 0 spiro atoms. The van der Waals surface area contributed by atoms with E-state index in [9.17, 15) is 10.1 Å². The zero-order valence-corrected chi connectivity index (χ0v) is 18.8. The first kappa shape index (κ1) is 21.1. The first-order chi connectivity index (χ1) is 14.7.